The zero-order valence-corrected chi connectivity index (χ0v) is 10.1. The molecule has 0 aliphatic rings. The Morgan fingerprint density at radius 2 is 2.11 bits per heavy atom. The van der Waals surface area contributed by atoms with Gasteiger partial charge in [-0.3, -0.25) is 15.5 Å². The van der Waals surface area contributed by atoms with Crippen molar-refractivity contribution >= 4 is 28.7 Å². The van der Waals surface area contributed by atoms with E-state index in [4.69, 9.17) is 5.73 Å². The zero-order chi connectivity index (χ0) is 13.9. The van der Waals surface area contributed by atoms with Gasteiger partial charge in [0.25, 0.3) is 0 Å². The van der Waals surface area contributed by atoms with Crippen LogP contribution in [0.3, 0.4) is 0 Å². The van der Waals surface area contributed by atoms with E-state index in [9.17, 15) is 20.3 Å². The van der Waals surface area contributed by atoms with Gasteiger partial charge in [-0.25, -0.2) is 0 Å². The first-order valence-electron chi connectivity index (χ1n) is 4.63. The van der Waals surface area contributed by atoms with Crippen molar-refractivity contribution in [3.63, 3.8) is 0 Å². The molecule has 0 bridgehead atoms. The van der Waals surface area contributed by atoms with Gasteiger partial charge < -0.3 is 15.9 Å². The molecule has 5 N–H and O–H groups in total. The maximum Gasteiger partial charge on any atom is 0.311 e. The number of nitro groups is 1. The Kier molecular flexibility index (Phi) is 4.00. The minimum atomic E-state index is -0.771. The van der Waals surface area contributed by atoms with E-state index in [1.807, 2.05) is 0 Å². The lowest BCUT2D eigenvalue weighted by atomic mass is 10.1. The average molecular weight is 270 g/mol. The van der Waals surface area contributed by atoms with Gasteiger partial charge in [0, 0.05) is 17.7 Å². The summed E-state index contributed by atoms with van der Waals surface area (Å²) in [5, 5.41) is 33.1. The summed E-state index contributed by atoms with van der Waals surface area (Å²) in [5.41, 5.74) is 7.23. The predicted octanol–water partition coefficient (Wildman–Crippen LogP) is 0.563. The number of nitro benzene ring substituents is 1. The van der Waals surface area contributed by atoms with E-state index in [0.29, 0.717) is 0 Å². The summed E-state index contributed by atoms with van der Waals surface area (Å²) in [5.74, 6) is -0.972. The number of nitrogens with one attached hydrogen (secondary N) is 1. The number of rotatable bonds is 3. The summed E-state index contributed by atoms with van der Waals surface area (Å²) in [7, 11) is 0. The van der Waals surface area contributed by atoms with Crippen LogP contribution in [0.1, 0.15) is 12.5 Å². The normalized spacial score (nSPS) is 11.1. The van der Waals surface area contributed by atoms with Gasteiger partial charge in [-0.15, -0.1) is 0 Å². The third kappa shape index (κ3) is 3.04. The minimum Gasteiger partial charge on any atom is -0.507 e. The molecule has 1 aromatic rings. The van der Waals surface area contributed by atoms with Crippen molar-refractivity contribution in [2.45, 2.75) is 6.92 Å². The predicted molar refractivity (Wildman–Crippen MR) is 68.6 cm³/mol. The first-order chi connectivity index (χ1) is 8.32. The van der Waals surface area contributed by atoms with E-state index < -0.39 is 16.4 Å². The zero-order valence-electron chi connectivity index (χ0n) is 9.25. The summed E-state index contributed by atoms with van der Waals surface area (Å²) in [6, 6.07) is 1.87. The highest BCUT2D eigenvalue weighted by Crippen LogP contribution is 2.33. The maximum absolute atomic E-state index is 10.6. The molecule has 0 saturated heterocycles. The average Bonchev–Trinajstić information content (AvgIpc) is 2.25. The number of hydrogen-bond donors (Lipinski definition) is 4. The summed E-state index contributed by atoms with van der Waals surface area (Å²) in [6.07, 6.45) is 0. The molecule has 8 nitrogen and oxygen atoms in total. The van der Waals surface area contributed by atoms with E-state index in [2.05, 4.69) is 22.7 Å². The summed E-state index contributed by atoms with van der Waals surface area (Å²) in [6.45, 7) is 1.49. The highest BCUT2D eigenvalue weighted by molar-refractivity contribution is 7.80. The van der Waals surface area contributed by atoms with Crippen molar-refractivity contribution in [1.82, 2.24) is 5.43 Å². The molecular formula is C9H10N4O4S. The molecule has 0 heterocycles. The van der Waals surface area contributed by atoms with Crippen LogP contribution in [0.25, 0.3) is 0 Å². The number of thiocarbonyl (C=S) groups is 1. The molecule has 0 atom stereocenters. The summed E-state index contributed by atoms with van der Waals surface area (Å²) in [4.78, 5) is 9.87. The second-order valence-corrected chi connectivity index (χ2v) is 3.73. The van der Waals surface area contributed by atoms with Gasteiger partial charge in [-0.05, 0) is 19.1 Å². The molecule has 0 aliphatic carbocycles. The van der Waals surface area contributed by atoms with E-state index in [-0.39, 0.29) is 22.1 Å². The Hall–Kier alpha value is -2.42. The molecule has 0 radical (unpaired) electrons. The molecule has 96 valence electrons. The van der Waals surface area contributed by atoms with Gasteiger partial charge in [-0.1, -0.05) is 0 Å². The largest absolute Gasteiger partial charge is 0.507 e. The lowest BCUT2D eigenvalue weighted by Gasteiger charge is -2.05. The van der Waals surface area contributed by atoms with Crippen LogP contribution in [-0.4, -0.2) is 26.0 Å². The van der Waals surface area contributed by atoms with Crippen LogP contribution in [0.15, 0.2) is 17.2 Å². The molecule has 0 aromatic heterocycles. The molecule has 0 spiro atoms. The highest BCUT2D eigenvalue weighted by atomic mass is 32.1. The molecule has 0 fully saturated rings. The lowest BCUT2D eigenvalue weighted by Crippen LogP contribution is -2.25. The monoisotopic (exact) mass is 270 g/mol. The molecule has 0 unspecified atom stereocenters. The van der Waals surface area contributed by atoms with Crippen molar-refractivity contribution in [2.24, 2.45) is 10.8 Å². The maximum atomic E-state index is 10.6. The Balaban J connectivity index is 3.24. The second kappa shape index (κ2) is 5.27. The number of nitrogens with two attached hydrogens (primary N) is 1. The molecular weight excluding hydrogens is 260 g/mol. The van der Waals surface area contributed by atoms with Gasteiger partial charge >= 0.3 is 5.69 Å². The van der Waals surface area contributed by atoms with Gasteiger partial charge in [0.1, 0.15) is 5.75 Å². The number of benzene rings is 1. The van der Waals surface area contributed by atoms with E-state index in [1.165, 1.54) is 6.92 Å². The lowest BCUT2D eigenvalue weighted by molar-refractivity contribution is -0.385. The first kappa shape index (κ1) is 13.6. The van der Waals surface area contributed by atoms with Crippen molar-refractivity contribution in [3.8, 4) is 11.5 Å². The molecule has 1 aromatic carbocycles. The Morgan fingerprint density at radius 3 is 2.61 bits per heavy atom. The Bertz CT molecular complexity index is 544. The fourth-order valence-electron chi connectivity index (χ4n) is 1.20. The van der Waals surface area contributed by atoms with Crippen LogP contribution in [0.4, 0.5) is 5.69 Å². The molecule has 0 amide bonds. The van der Waals surface area contributed by atoms with E-state index in [1.54, 1.807) is 0 Å². The van der Waals surface area contributed by atoms with E-state index in [0.717, 1.165) is 12.1 Å². The van der Waals surface area contributed by atoms with Crippen molar-refractivity contribution in [2.75, 3.05) is 0 Å². The number of phenolic OH excluding ortho intramolecular Hbond substituents is 2. The van der Waals surface area contributed by atoms with Gasteiger partial charge in [0.05, 0.1) is 10.6 Å². The number of nitrogens with zero attached hydrogens (tertiary/aromatic N) is 2. The minimum absolute atomic E-state index is 0.0814. The Labute approximate surface area is 107 Å². The van der Waals surface area contributed by atoms with Gasteiger partial charge in [-0.2, -0.15) is 5.10 Å². The quantitative estimate of drug-likeness (QED) is 0.273. The fourth-order valence-corrected chi connectivity index (χ4v) is 1.25. The highest BCUT2D eigenvalue weighted by Gasteiger charge is 2.18. The third-order valence-corrected chi connectivity index (χ3v) is 2.10. The Morgan fingerprint density at radius 1 is 1.50 bits per heavy atom. The SMILES string of the molecule is C/C(=N\NC(N)=S)c1cc([N+](=O)[O-])c(O)cc1O. The molecule has 9 heteroatoms. The van der Waals surface area contributed by atoms with Gasteiger partial charge in [0.15, 0.2) is 10.9 Å². The van der Waals surface area contributed by atoms with Gasteiger partial charge in [0.2, 0.25) is 0 Å². The van der Waals surface area contributed by atoms with Crippen LogP contribution in [0.5, 0.6) is 11.5 Å². The molecule has 0 saturated carbocycles. The van der Waals surface area contributed by atoms with Crippen molar-refractivity contribution < 1.29 is 15.1 Å². The van der Waals surface area contributed by atoms with Crippen LogP contribution in [0.2, 0.25) is 0 Å². The topological polar surface area (TPSA) is 134 Å². The summed E-state index contributed by atoms with van der Waals surface area (Å²) < 4.78 is 0. The van der Waals surface area contributed by atoms with Crippen molar-refractivity contribution in [1.29, 1.82) is 0 Å². The second-order valence-electron chi connectivity index (χ2n) is 3.29. The third-order valence-electron chi connectivity index (χ3n) is 2.01. The number of phenols is 2. The first-order valence-corrected chi connectivity index (χ1v) is 5.04. The molecule has 1 rings (SSSR count). The molecule has 0 aliphatic heterocycles. The van der Waals surface area contributed by atoms with Crippen LogP contribution >= 0.6 is 12.2 Å². The van der Waals surface area contributed by atoms with Crippen LogP contribution < -0.4 is 11.2 Å². The number of hydrogen-bond acceptors (Lipinski definition) is 6. The molecule has 18 heavy (non-hydrogen) atoms. The smallest absolute Gasteiger partial charge is 0.311 e. The van der Waals surface area contributed by atoms with E-state index >= 15 is 0 Å². The number of hydrazone groups is 1. The standard InChI is InChI=1S/C9H10N4O4S/c1-4(11-12-9(10)18)5-2-6(13(16)17)8(15)3-7(5)14/h2-3,14-15H,1H3,(H3,10,12,18)/b11-4+. The fraction of sp³-hybridized carbons (Fsp3) is 0.111. The van der Waals surface area contributed by atoms with Crippen LogP contribution in [0, 0.1) is 10.1 Å². The number of aromatic hydroxyl groups is 2. The van der Waals surface area contributed by atoms with Crippen molar-refractivity contribution in [3.05, 3.63) is 27.8 Å². The summed E-state index contributed by atoms with van der Waals surface area (Å²) >= 11 is 4.53. The van der Waals surface area contributed by atoms with Crippen LogP contribution in [-0.2, 0) is 0 Å².